The van der Waals surface area contributed by atoms with Crippen LogP contribution in [0.1, 0.15) is 31.8 Å². The average molecular weight is 386 g/mol. The Morgan fingerprint density at radius 3 is 2.52 bits per heavy atom. The van der Waals surface area contributed by atoms with Crippen molar-refractivity contribution in [2.24, 2.45) is 0 Å². The molecule has 0 N–H and O–H groups in total. The minimum absolute atomic E-state index is 0.188. The molecule has 3 aromatic carbocycles. The van der Waals surface area contributed by atoms with Gasteiger partial charge in [0.25, 0.3) is 0 Å². The molecule has 0 aromatic heterocycles. The van der Waals surface area contributed by atoms with Crippen molar-refractivity contribution in [3.8, 4) is 17.2 Å². The lowest BCUT2D eigenvalue weighted by molar-refractivity contribution is 0.0734. The Bertz CT molecular complexity index is 1130. The number of carbonyl (C=O) groups excluding carboxylic acids is 2. The van der Waals surface area contributed by atoms with Gasteiger partial charge in [-0.25, -0.2) is 4.79 Å². The quantitative estimate of drug-likeness (QED) is 0.365. The van der Waals surface area contributed by atoms with Crippen LogP contribution in [0.15, 0.2) is 72.5 Å². The molecule has 5 heteroatoms. The Labute approximate surface area is 168 Å². The fourth-order valence-corrected chi connectivity index (χ4v) is 3.15. The summed E-state index contributed by atoms with van der Waals surface area (Å²) in [7, 11) is 1.53. The molecule has 0 bridgehead atoms. The third-order valence-electron chi connectivity index (χ3n) is 4.56. The van der Waals surface area contributed by atoms with E-state index in [1.165, 1.54) is 7.11 Å². The number of ketones is 1. The first kappa shape index (κ1) is 18.5. The van der Waals surface area contributed by atoms with E-state index in [0.29, 0.717) is 33.9 Å². The Morgan fingerprint density at radius 2 is 1.76 bits per heavy atom. The molecule has 5 nitrogen and oxygen atoms in total. The molecule has 1 aliphatic heterocycles. The summed E-state index contributed by atoms with van der Waals surface area (Å²) in [6.45, 7) is 1.79. The van der Waals surface area contributed by atoms with Gasteiger partial charge in [-0.15, -0.1) is 0 Å². The molecule has 0 spiro atoms. The van der Waals surface area contributed by atoms with E-state index in [9.17, 15) is 9.59 Å². The van der Waals surface area contributed by atoms with Gasteiger partial charge in [0.15, 0.2) is 5.76 Å². The van der Waals surface area contributed by atoms with Crippen molar-refractivity contribution in [3.63, 3.8) is 0 Å². The Morgan fingerprint density at radius 1 is 0.966 bits per heavy atom. The molecule has 0 radical (unpaired) electrons. The largest absolute Gasteiger partial charge is 0.497 e. The number of hydrogen-bond acceptors (Lipinski definition) is 5. The van der Waals surface area contributed by atoms with E-state index in [1.807, 2.05) is 30.3 Å². The van der Waals surface area contributed by atoms with Crippen molar-refractivity contribution >= 4 is 17.8 Å². The summed E-state index contributed by atoms with van der Waals surface area (Å²) < 4.78 is 16.4. The summed E-state index contributed by atoms with van der Waals surface area (Å²) in [4.78, 5) is 25.2. The molecular formula is C24H18O5. The number of methoxy groups -OCH3 is 1. The first-order valence-electron chi connectivity index (χ1n) is 9.05. The van der Waals surface area contributed by atoms with Crippen LogP contribution in [0, 0.1) is 6.92 Å². The van der Waals surface area contributed by atoms with Gasteiger partial charge in [-0.1, -0.05) is 36.4 Å². The third kappa shape index (κ3) is 3.75. The molecule has 4 rings (SSSR count). The van der Waals surface area contributed by atoms with E-state index in [4.69, 9.17) is 14.2 Å². The van der Waals surface area contributed by atoms with Gasteiger partial charge in [0.1, 0.15) is 17.2 Å². The molecule has 0 atom stereocenters. The number of rotatable bonds is 4. The van der Waals surface area contributed by atoms with Crippen LogP contribution in [0.3, 0.4) is 0 Å². The second-order valence-corrected chi connectivity index (χ2v) is 6.59. The number of ether oxygens (including phenoxy) is 3. The normalized spacial score (nSPS) is 13.7. The fourth-order valence-electron chi connectivity index (χ4n) is 3.15. The lowest BCUT2D eigenvalue weighted by Gasteiger charge is -2.08. The molecule has 29 heavy (non-hydrogen) atoms. The molecule has 1 aliphatic rings. The molecule has 0 amide bonds. The summed E-state index contributed by atoms with van der Waals surface area (Å²) in [5.41, 5.74) is 2.39. The summed E-state index contributed by atoms with van der Waals surface area (Å²) in [6.07, 6.45) is 1.70. The predicted octanol–water partition coefficient (Wildman–Crippen LogP) is 4.84. The highest BCUT2D eigenvalue weighted by molar-refractivity contribution is 6.15. The maximum Gasteiger partial charge on any atom is 0.343 e. The molecule has 0 aliphatic carbocycles. The molecule has 3 aromatic rings. The minimum atomic E-state index is -0.521. The summed E-state index contributed by atoms with van der Waals surface area (Å²) in [5, 5.41) is 0. The number of Topliss-reactive ketones (excluding diaryl/α,β-unsaturated/α-hetero) is 1. The number of carbonyl (C=O) groups is 2. The zero-order chi connectivity index (χ0) is 20.4. The van der Waals surface area contributed by atoms with Crippen LogP contribution in [-0.2, 0) is 0 Å². The van der Waals surface area contributed by atoms with Crippen LogP contribution in [0.25, 0.3) is 6.08 Å². The van der Waals surface area contributed by atoms with Crippen LogP contribution in [0.5, 0.6) is 17.2 Å². The summed E-state index contributed by atoms with van der Waals surface area (Å²) in [5.74, 6) is 0.785. The zero-order valence-corrected chi connectivity index (χ0v) is 16.0. The zero-order valence-electron chi connectivity index (χ0n) is 16.0. The van der Waals surface area contributed by atoms with Gasteiger partial charge >= 0.3 is 5.97 Å². The maximum absolute atomic E-state index is 12.7. The SMILES string of the molecule is COc1cccc(C(=O)Oc2cc(C)c3c(c2)O/C(=C\c2ccccc2)C3=O)c1. The van der Waals surface area contributed by atoms with Gasteiger partial charge in [0.2, 0.25) is 5.78 Å². The number of esters is 1. The smallest absolute Gasteiger partial charge is 0.343 e. The molecule has 144 valence electrons. The number of fused-ring (bicyclic) bond motifs is 1. The van der Waals surface area contributed by atoms with Crippen LogP contribution >= 0.6 is 0 Å². The number of benzene rings is 3. The van der Waals surface area contributed by atoms with Crippen LogP contribution in [0.2, 0.25) is 0 Å². The summed E-state index contributed by atoms with van der Waals surface area (Å²) in [6, 6.07) is 19.4. The molecule has 0 saturated carbocycles. The van der Waals surface area contributed by atoms with Crippen molar-refractivity contribution in [1.29, 1.82) is 0 Å². The monoisotopic (exact) mass is 386 g/mol. The van der Waals surface area contributed by atoms with Crippen molar-refractivity contribution < 1.29 is 23.8 Å². The summed E-state index contributed by atoms with van der Waals surface area (Å²) >= 11 is 0. The highest BCUT2D eigenvalue weighted by atomic mass is 16.5. The lowest BCUT2D eigenvalue weighted by atomic mass is 10.0. The molecule has 0 saturated heterocycles. The predicted molar refractivity (Wildman–Crippen MR) is 109 cm³/mol. The second kappa shape index (κ2) is 7.64. The van der Waals surface area contributed by atoms with E-state index < -0.39 is 5.97 Å². The number of aryl methyl sites for hydroxylation is 1. The van der Waals surface area contributed by atoms with Gasteiger partial charge in [0, 0.05) is 6.07 Å². The maximum atomic E-state index is 12.7. The Kier molecular flexibility index (Phi) is 4.87. The first-order chi connectivity index (χ1) is 14.0. The highest BCUT2D eigenvalue weighted by Crippen LogP contribution is 2.37. The van der Waals surface area contributed by atoms with Crippen molar-refractivity contribution in [2.45, 2.75) is 6.92 Å². The van der Waals surface area contributed by atoms with E-state index >= 15 is 0 Å². The van der Waals surface area contributed by atoms with Crippen LogP contribution in [-0.4, -0.2) is 18.9 Å². The van der Waals surface area contributed by atoms with Crippen LogP contribution < -0.4 is 14.2 Å². The standard InChI is InChI=1S/C24H18O5/c1-15-11-19(28-24(26)17-9-6-10-18(13-17)27-2)14-20-22(15)23(25)21(29-20)12-16-7-4-3-5-8-16/h3-14H,1-2H3/b21-12-. The minimum Gasteiger partial charge on any atom is -0.497 e. The third-order valence-corrected chi connectivity index (χ3v) is 4.56. The van der Waals surface area contributed by atoms with Gasteiger partial charge < -0.3 is 14.2 Å². The molecule has 0 fully saturated rings. The highest BCUT2D eigenvalue weighted by Gasteiger charge is 2.30. The number of allylic oxidation sites excluding steroid dienone is 1. The number of hydrogen-bond donors (Lipinski definition) is 0. The van der Waals surface area contributed by atoms with Gasteiger partial charge in [-0.3, -0.25) is 4.79 Å². The molecule has 0 unspecified atom stereocenters. The van der Waals surface area contributed by atoms with Crippen molar-refractivity contribution in [3.05, 3.63) is 94.7 Å². The average Bonchev–Trinajstić information content (AvgIpc) is 3.04. The fraction of sp³-hybridized carbons (Fsp3) is 0.0833. The van der Waals surface area contributed by atoms with E-state index in [0.717, 1.165) is 5.56 Å². The van der Waals surface area contributed by atoms with Crippen molar-refractivity contribution in [2.75, 3.05) is 7.11 Å². The van der Waals surface area contributed by atoms with Crippen molar-refractivity contribution in [1.82, 2.24) is 0 Å². The van der Waals surface area contributed by atoms with E-state index in [-0.39, 0.29) is 11.5 Å². The molecular weight excluding hydrogens is 368 g/mol. The van der Waals surface area contributed by atoms with Gasteiger partial charge in [-0.2, -0.15) is 0 Å². The van der Waals surface area contributed by atoms with Gasteiger partial charge in [-0.05, 0) is 48.4 Å². The lowest BCUT2D eigenvalue weighted by Crippen LogP contribution is -2.09. The van der Waals surface area contributed by atoms with E-state index in [2.05, 4.69) is 0 Å². The first-order valence-corrected chi connectivity index (χ1v) is 9.05. The molecule has 1 heterocycles. The van der Waals surface area contributed by atoms with E-state index in [1.54, 1.807) is 49.4 Å². The topological polar surface area (TPSA) is 61.8 Å². The Hall–Kier alpha value is -3.86. The van der Waals surface area contributed by atoms with Crippen LogP contribution in [0.4, 0.5) is 0 Å². The second-order valence-electron chi connectivity index (χ2n) is 6.59. The Balaban J connectivity index is 1.60. The van der Waals surface area contributed by atoms with Gasteiger partial charge in [0.05, 0.1) is 18.2 Å².